The molecule has 0 saturated heterocycles. The highest BCUT2D eigenvalue weighted by Crippen LogP contribution is 2.15. The highest BCUT2D eigenvalue weighted by molar-refractivity contribution is 7.14. The number of aromatic nitrogens is 1. The minimum Gasteiger partial charge on any atom is -0.453 e. The fourth-order valence-electron chi connectivity index (χ4n) is 0.899. The third-order valence-electron chi connectivity index (χ3n) is 1.55. The fourth-order valence-corrected chi connectivity index (χ4v) is 1.55. The summed E-state index contributed by atoms with van der Waals surface area (Å²) in [6.45, 7) is 3.38. The molecule has 8 heteroatoms. The number of hydrogen-bond acceptors (Lipinski definition) is 5. The highest BCUT2D eigenvalue weighted by atomic mass is 32.1. The van der Waals surface area contributed by atoms with Crippen LogP contribution in [0.2, 0.25) is 0 Å². The molecular weight excluding hydrogens is 244 g/mol. The van der Waals surface area contributed by atoms with Gasteiger partial charge in [0.15, 0.2) is 10.8 Å². The second kappa shape index (κ2) is 6.31. The lowest BCUT2D eigenvalue weighted by atomic mass is 10.3. The van der Waals surface area contributed by atoms with Crippen LogP contribution < -0.4 is 5.32 Å². The average Bonchev–Trinajstić information content (AvgIpc) is 2.76. The summed E-state index contributed by atoms with van der Waals surface area (Å²) in [7, 11) is 0. The second-order valence-corrected chi connectivity index (χ2v) is 3.49. The quantitative estimate of drug-likeness (QED) is 0.198. The molecule has 0 atom stereocenters. The molecule has 88 valence electrons. The monoisotopic (exact) mass is 252 g/mol. The highest BCUT2D eigenvalue weighted by Gasteiger charge is 2.27. The van der Waals surface area contributed by atoms with Gasteiger partial charge in [0.1, 0.15) is 6.61 Å². The summed E-state index contributed by atoms with van der Waals surface area (Å²) in [5.41, 5.74) is 8.51. The van der Waals surface area contributed by atoms with E-state index >= 15 is 0 Å². The maximum Gasteiger partial charge on any atom is 0.425 e. The van der Waals surface area contributed by atoms with E-state index in [2.05, 4.69) is 21.7 Å². The van der Waals surface area contributed by atoms with Gasteiger partial charge in [-0.25, -0.2) is 9.78 Å². The van der Waals surface area contributed by atoms with Crippen molar-refractivity contribution in [3.63, 3.8) is 0 Å². The maximum atomic E-state index is 11.4. The Balaban J connectivity index is 2.86. The molecule has 1 N–H and O–H groups in total. The van der Waals surface area contributed by atoms with Gasteiger partial charge >= 0.3 is 11.7 Å². The first-order valence-corrected chi connectivity index (χ1v) is 5.27. The zero-order valence-electron chi connectivity index (χ0n) is 8.62. The van der Waals surface area contributed by atoms with Crippen LogP contribution >= 0.6 is 11.3 Å². The lowest BCUT2D eigenvalue weighted by molar-refractivity contribution is -0.138. The summed E-state index contributed by atoms with van der Waals surface area (Å²) >= 11 is 1.09. The van der Waals surface area contributed by atoms with E-state index in [4.69, 9.17) is 10.3 Å². The number of hydrogen-bond donors (Lipinski definition) is 1. The average molecular weight is 252 g/mol. The summed E-state index contributed by atoms with van der Waals surface area (Å²) < 4.78 is 4.69. The van der Waals surface area contributed by atoms with E-state index in [1.54, 1.807) is 0 Å². The van der Waals surface area contributed by atoms with Crippen molar-refractivity contribution in [3.05, 3.63) is 29.3 Å². The number of amides is 1. The molecule has 0 saturated carbocycles. The molecule has 0 aliphatic rings. The molecule has 0 bridgehead atoms. The van der Waals surface area contributed by atoms with Gasteiger partial charge in [-0.15, -0.1) is 11.3 Å². The van der Waals surface area contributed by atoms with Crippen LogP contribution in [0.4, 0.5) is 5.13 Å². The molecule has 0 spiro atoms. The van der Waals surface area contributed by atoms with Crippen LogP contribution in [-0.2, 0) is 14.3 Å². The van der Waals surface area contributed by atoms with Gasteiger partial charge < -0.3 is 15.6 Å². The van der Waals surface area contributed by atoms with Crippen LogP contribution in [0.15, 0.2) is 18.0 Å². The number of ether oxygens (including phenoxy) is 1. The molecule has 0 aliphatic heterocycles. The van der Waals surface area contributed by atoms with E-state index in [-0.39, 0.29) is 23.1 Å². The first-order valence-electron chi connectivity index (χ1n) is 4.39. The topological polar surface area (TPSA) is 105 Å². The lowest BCUT2D eigenvalue weighted by Crippen LogP contribution is -2.20. The van der Waals surface area contributed by atoms with E-state index in [1.807, 2.05) is 0 Å². The Morgan fingerprint density at radius 2 is 2.53 bits per heavy atom. The van der Waals surface area contributed by atoms with Crippen LogP contribution in [0.25, 0.3) is 5.53 Å². The van der Waals surface area contributed by atoms with Crippen molar-refractivity contribution < 1.29 is 19.1 Å². The summed E-state index contributed by atoms with van der Waals surface area (Å²) in [4.78, 5) is 28.3. The smallest absolute Gasteiger partial charge is 0.425 e. The molecule has 1 aromatic rings. The van der Waals surface area contributed by atoms with Crippen molar-refractivity contribution in [1.82, 2.24) is 4.98 Å². The SMILES string of the molecule is C=CCOC(=O)C(=[N+]=[N-])c1csc(NC=O)n1. The molecule has 0 fully saturated rings. The van der Waals surface area contributed by atoms with Gasteiger partial charge in [-0.3, -0.25) is 4.79 Å². The predicted octanol–water partition coefficient (Wildman–Crippen LogP) is 0.459. The van der Waals surface area contributed by atoms with Crippen molar-refractivity contribution in [2.45, 2.75) is 0 Å². The molecule has 7 nitrogen and oxygen atoms in total. The Morgan fingerprint density at radius 1 is 1.76 bits per heavy atom. The minimum atomic E-state index is -0.824. The predicted molar refractivity (Wildman–Crippen MR) is 60.7 cm³/mol. The van der Waals surface area contributed by atoms with Gasteiger partial charge in [0, 0.05) is 5.38 Å². The summed E-state index contributed by atoms with van der Waals surface area (Å²) in [5.74, 6) is -0.824. The van der Waals surface area contributed by atoms with Crippen molar-refractivity contribution in [1.29, 1.82) is 0 Å². The first-order chi connectivity index (χ1) is 8.22. The molecule has 0 aromatic carbocycles. The number of nitrogens with zero attached hydrogens (tertiary/aromatic N) is 3. The standard InChI is InChI=1S/C9H8N4O3S/c1-2-3-16-8(15)7(13-10)6-4-17-9(12-6)11-5-14/h2,4-5H,1,3H2,(H,11,12,14). The first kappa shape index (κ1) is 12.8. The molecule has 0 radical (unpaired) electrons. The Kier molecular flexibility index (Phi) is 4.74. The molecule has 1 aromatic heterocycles. The Hall–Kier alpha value is -2.31. The van der Waals surface area contributed by atoms with Crippen molar-refractivity contribution in [2.75, 3.05) is 11.9 Å². The number of esters is 1. The molecule has 0 unspecified atom stereocenters. The third-order valence-corrected chi connectivity index (χ3v) is 2.33. The number of thiazole rings is 1. The summed E-state index contributed by atoms with van der Waals surface area (Å²) in [6.07, 6.45) is 1.84. The number of rotatable bonds is 6. The summed E-state index contributed by atoms with van der Waals surface area (Å²) in [6, 6.07) is 0. The second-order valence-electron chi connectivity index (χ2n) is 2.64. The van der Waals surface area contributed by atoms with E-state index in [0.29, 0.717) is 6.41 Å². The minimum absolute atomic E-state index is 0.00142. The van der Waals surface area contributed by atoms with E-state index in [1.165, 1.54) is 11.5 Å². The fraction of sp³-hybridized carbons (Fsp3) is 0.111. The summed E-state index contributed by atoms with van der Waals surface area (Å²) in [5, 5.41) is 4.05. The van der Waals surface area contributed by atoms with Gasteiger partial charge in [0.25, 0.3) is 0 Å². The molecule has 17 heavy (non-hydrogen) atoms. The molecule has 1 amide bonds. The largest absolute Gasteiger partial charge is 0.453 e. The number of anilines is 1. The van der Waals surface area contributed by atoms with E-state index in [9.17, 15) is 9.59 Å². The normalized spacial score (nSPS) is 8.94. The lowest BCUT2D eigenvalue weighted by Gasteiger charge is -1.94. The number of carbonyl (C=O) groups is 2. The van der Waals surface area contributed by atoms with Crippen molar-refractivity contribution >= 4 is 34.6 Å². The van der Waals surface area contributed by atoms with Gasteiger partial charge in [-0.05, 0) is 0 Å². The Bertz CT molecular complexity index is 490. The molecule has 1 rings (SSSR count). The molecule has 1 heterocycles. The van der Waals surface area contributed by atoms with Crippen molar-refractivity contribution in [2.24, 2.45) is 0 Å². The Morgan fingerprint density at radius 3 is 3.12 bits per heavy atom. The number of nitrogens with one attached hydrogen (secondary N) is 1. The van der Waals surface area contributed by atoms with Crippen LogP contribution in [0, 0.1) is 0 Å². The molecule has 0 aliphatic carbocycles. The van der Waals surface area contributed by atoms with Gasteiger partial charge in [-0.2, -0.15) is 4.79 Å². The van der Waals surface area contributed by atoms with Crippen LogP contribution in [-0.4, -0.2) is 34.5 Å². The molecular formula is C9H8N4O3S. The van der Waals surface area contributed by atoms with Gasteiger partial charge in [-0.1, -0.05) is 12.7 Å². The van der Waals surface area contributed by atoms with E-state index < -0.39 is 5.97 Å². The third kappa shape index (κ3) is 3.33. The van der Waals surface area contributed by atoms with Gasteiger partial charge in [0.2, 0.25) is 6.41 Å². The van der Waals surface area contributed by atoms with Crippen LogP contribution in [0.1, 0.15) is 5.69 Å². The zero-order chi connectivity index (χ0) is 12.7. The van der Waals surface area contributed by atoms with Crippen LogP contribution in [0.3, 0.4) is 0 Å². The zero-order valence-corrected chi connectivity index (χ0v) is 9.44. The van der Waals surface area contributed by atoms with Crippen molar-refractivity contribution in [3.8, 4) is 0 Å². The maximum absolute atomic E-state index is 11.4. The van der Waals surface area contributed by atoms with Gasteiger partial charge in [0.05, 0.1) is 0 Å². The van der Waals surface area contributed by atoms with Crippen LogP contribution in [0.5, 0.6) is 0 Å². The van der Waals surface area contributed by atoms with E-state index in [0.717, 1.165) is 11.3 Å². The number of carbonyl (C=O) groups excluding carboxylic acids is 2. The Labute approximate surface area is 100 Å².